The Morgan fingerprint density at radius 3 is 2.48 bits per heavy atom. The third kappa shape index (κ3) is 4.09. The summed E-state index contributed by atoms with van der Waals surface area (Å²) in [5.41, 5.74) is 6.25. The molecular weight excluding hydrogens is 283 g/mol. The van der Waals surface area contributed by atoms with E-state index in [9.17, 15) is 13.2 Å². The highest BCUT2D eigenvalue weighted by molar-refractivity contribution is 5.57. The highest BCUT2D eigenvalue weighted by Gasteiger charge is 2.40. The Balaban J connectivity index is 1.99. The van der Waals surface area contributed by atoms with Crippen LogP contribution in [0.3, 0.4) is 0 Å². The van der Waals surface area contributed by atoms with Gasteiger partial charge in [0, 0.05) is 5.56 Å². The van der Waals surface area contributed by atoms with Crippen molar-refractivity contribution in [1.29, 1.82) is 0 Å². The molecule has 2 N–H and O–H groups in total. The molecule has 0 unspecified atom stereocenters. The number of methoxy groups -OCH3 is 1. The predicted octanol–water partition coefficient (Wildman–Crippen LogP) is 3.45. The van der Waals surface area contributed by atoms with E-state index < -0.39 is 12.1 Å². The van der Waals surface area contributed by atoms with Crippen LogP contribution in [0, 0.1) is 11.8 Å². The molecule has 0 aliphatic heterocycles. The van der Waals surface area contributed by atoms with E-state index in [-0.39, 0.29) is 24.6 Å². The summed E-state index contributed by atoms with van der Waals surface area (Å²) in [7, 11) is 1.48. The van der Waals surface area contributed by atoms with Crippen LogP contribution in [0.15, 0.2) is 12.1 Å². The average Bonchev–Trinajstić information content (AvgIpc) is 2.45. The molecule has 1 aliphatic carbocycles. The molecule has 21 heavy (non-hydrogen) atoms. The Hall–Kier alpha value is -1.79. The fourth-order valence-corrected chi connectivity index (χ4v) is 2.57. The van der Waals surface area contributed by atoms with Crippen molar-refractivity contribution in [3.8, 4) is 5.88 Å². The molecule has 0 atom stereocenters. The van der Waals surface area contributed by atoms with Crippen molar-refractivity contribution in [2.75, 3.05) is 12.8 Å². The quantitative estimate of drug-likeness (QED) is 0.929. The maximum atomic E-state index is 12.6. The summed E-state index contributed by atoms with van der Waals surface area (Å²) >= 11 is 0. The first-order valence-electron chi connectivity index (χ1n) is 6.82. The van der Waals surface area contributed by atoms with Gasteiger partial charge in [-0.15, -0.1) is 10.2 Å². The molecule has 0 amide bonds. The van der Waals surface area contributed by atoms with Crippen LogP contribution in [-0.4, -0.2) is 23.5 Å². The summed E-state index contributed by atoms with van der Waals surface area (Å²) < 4.78 is 42.9. The van der Waals surface area contributed by atoms with Crippen LogP contribution in [-0.2, 0) is 0 Å². The molecule has 1 aromatic rings. The number of nitrogens with two attached hydrogens (primary N) is 1. The van der Waals surface area contributed by atoms with E-state index in [1.165, 1.54) is 7.11 Å². The van der Waals surface area contributed by atoms with E-state index >= 15 is 0 Å². The summed E-state index contributed by atoms with van der Waals surface area (Å²) in [6.07, 6.45) is 1.09. The lowest BCUT2D eigenvalue weighted by molar-refractivity contribution is -0.183. The molecular formula is C14H18F3N3O. The molecule has 1 saturated carbocycles. The van der Waals surface area contributed by atoms with Crippen molar-refractivity contribution in [3.63, 3.8) is 0 Å². The van der Waals surface area contributed by atoms with Gasteiger partial charge in [0.05, 0.1) is 13.0 Å². The monoisotopic (exact) mass is 301 g/mol. The van der Waals surface area contributed by atoms with Crippen LogP contribution in [0.2, 0.25) is 0 Å². The van der Waals surface area contributed by atoms with Gasteiger partial charge in [-0.2, -0.15) is 13.2 Å². The molecule has 4 nitrogen and oxygen atoms in total. The number of halogens is 3. The molecule has 1 fully saturated rings. The zero-order valence-electron chi connectivity index (χ0n) is 11.7. The lowest BCUT2D eigenvalue weighted by Gasteiger charge is -2.28. The van der Waals surface area contributed by atoms with Gasteiger partial charge in [0.25, 0.3) is 0 Å². The van der Waals surface area contributed by atoms with E-state index in [2.05, 4.69) is 10.2 Å². The molecule has 0 radical (unpaired) electrons. The van der Waals surface area contributed by atoms with Gasteiger partial charge in [0.2, 0.25) is 5.88 Å². The highest BCUT2D eigenvalue weighted by atomic mass is 19.4. The van der Waals surface area contributed by atoms with Crippen molar-refractivity contribution < 1.29 is 17.9 Å². The van der Waals surface area contributed by atoms with Gasteiger partial charge in [-0.25, -0.2) is 0 Å². The van der Waals surface area contributed by atoms with Crippen LogP contribution in [0.25, 0.3) is 6.08 Å². The maximum absolute atomic E-state index is 12.6. The van der Waals surface area contributed by atoms with E-state index in [1.807, 2.05) is 6.08 Å². The van der Waals surface area contributed by atoms with Crippen LogP contribution in [0.1, 0.15) is 31.2 Å². The first-order valence-corrected chi connectivity index (χ1v) is 6.82. The zero-order chi connectivity index (χ0) is 15.5. The second-order valence-corrected chi connectivity index (χ2v) is 5.25. The second-order valence-electron chi connectivity index (χ2n) is 5.25. The van der Waals surface area contributed by atoms with Gasteiger partial charge >= 0.3 is 6.18 Å². The molecule has 116 valence electrons. The standard InChI is InChI=1S/C14H18F3N3O/c1-21-13-10(8-12(18)19-20-13)5-2-9-3-6-11(7-4-9)14(15,16)17/h2,5,8-9,11H,3-4,6-7H2,1H3,(H2,18,19)/b5-2+. The Morgan fingerprint density at radius 1 is 1.24 bits per heavy atom. The van der Waals surface area contributed by atoms with Gasteiger partial charge in [-0.05, 0) is 37.7 Å². The SMILES string of the molecule is COc1nnc(N)cc1/C=C/C1CCC(C(F)(F)F)CC1. The van der Waals surface area contributed by atoms with Crippen molar-refractivity contribution >= 4 is 11.9 Å². The molecule has 0 saturated heterocycles. The largest absolute Gasteiger partial charge is 0.479 e. The lowest BCUT2D eigenvalue weighted by atomic mass is 9.81. The molecule has 1 heterocycles. The fraction of sp³-hybridized carbons (Fsp3) is 0.571. The summed E-state index contributed by atoms with van der Waals surface area (Å²) in [4.78, 5) is 0. The number of aromatic nitrogens is 2. The summed E-state index contributed by atoms with van der Waals surface area (Å²) in [5.74, 6) is -0.390. The number of nitrogen functional groups attached to an aromatic ring is 1. The van der Waals surface area contributed by atoms with Crippen molar-refractivity contribution in [2.45, 2.75) is 31.9 Å². The van der Waals surface area contributed by atoms with Gasteiger partial charge < -0.3 is 10.5 Å². The Kier molecular flexibility index (Phi) is 4.69. The highest BCUT2D eigenvalue weighted by Crippen LogP contribution is 2.40. The van der Waals surface area contributed by atoms with Crippen LogP contribution >= 0.6 is 0 Å². The van der Waals surface area contributed by atoms with Gasteiger partial charge in [0.15, 0.2) is 0 Å². The zero-order valence-corrected chi connectivity index (χ0v) is 11.7. The number of alkyl halides is 3. The summed E-state index contributed by atoms with van der Waals surface area (Å²) in [6.45, 7) is 0. The average molecular weight is 301 g/mol. The van der Waals surface area contributed by atoms with Crippen molar-refractivity contribution in [2.24, 2.45) is 11.8 Å². The summed E-state index contributed by atoms with van der Waals surface area (Å²) in [5, 5.41) is 7.49. The number of nitrogens with zero attached hydrogens (tertiary/aromatic N) is 2. The minimum absolute atomic E-state index is 0.141. The van der Waals surface area contributed by atoms with Crippen LogP contribution in [0.4, 0.5) is 19.0 Å². The van der Waals surface area contributed by atoms with Gasteiger partial charge in [0.1, 0.15) is 5.82 Å². The fourth-order valence-electron chi connectivity index (χ4n) is 2.57. The number of ether oxygens (including phenoxy) is 1. The molecule has 1 aliphatic rings. The molecule has 0 aromatic carbocycles. The number of allylic oxidation sites excluding steroid dienone is 1. The Labute approximate surface area is 121 Å². The second kappa shape index (κ2) is 6.32. The van der Waals surface area contributed by atoms with E-state index in [4.69, 9.17) is 10.5 Å². The van der Waals surface area contributed by atoms with Gasteiger partial charge in [-0.3, -0.25) is 0 Å². The van der Waals surface area contributed by atoms with Crippen molar-refractivity contribution in [3.05, 3.63) is 17.7 Å². The molecule has 1 aromatic heterocycles. The van der Waals surface area contributed by atoms with E-state index in [1.54, 1.807) is 12.1 Å². The third-order valence-electron chi connectivity index (χ3n) is 3.78. The van der Waals surface area contributed by atoms with Crippen molar-refractivity contribution in [1.82, 2.24) is 10.2 Å². The number of hydrogen-bond acceptors (Lipinski definition) is 4. The Morgan fingerprint density at radius 2 is 1.90 bits per heavy atom. The first-order chi connectivity index (χ1) is 9.90. The number of hydrogen-bond donors (Lipinski definition) is 1. The maximum Gasteiger partial charge on any atom is 0.391 e. The predicted molar refractivity (Wildman–Crippen MR) is 73.5 cm³/mol. The van der Waals surface area contributed by atoms with E-state index in [0.717, 1.165) is 0 Å². The van der Waals surface area contributed by atoms with Crippen LogP contribution in [0.5, 0.6) is 5.88 Å². The third-order valence-corrected chi connectivity index (χ3v) is 3.78. The molecule has 7 heteroatoms. The smallest absolute Gasteiger partial charge is 0.391 e. The van der Waals surface area contributed by atoms with Crippen LogP contribution < -0.4 is 10.5 Å². The molecule has 2 rings (SSSR count). The minimum atomic E-state index is -4.07. The minimum Gasteiger partial charge on any atom is -0.479 e. The Bertz CT molecular complexity index is 509. The lowest BCUT2D eigenvalue weighted by Crippen LogP contribution is -2.27. The number of anilines is 1. The topological polar surface area (TPSA) is 61.0 Å². The molecule has 0 bridgehead atoms. The molecule has 0 spiro atoms. The van der Waals surface area contributed by atoms with Gasteiger partial charge in [-0.1, -0.05) is 12.2 Å². The summed E-state index contributed by atoms with van der Waals surface area (Å²) in [6, 6.07) is 1.63. The van der Waals surface area contributed by atoms with E-state index in [0.29, 0.717) is 24.3 Å². The first kappa shape index (κ1) is 15.6. The normalized spacial score (nSPS) is 23.4. The number of rotatable bonds is 3.